The molecular weight excluding hydrogens is 263 g/mol. The highest BCUT2D eigenvalue weighted by molar-refractivity contribution is 7.71. The zero-order valence-electron chi connectivity index (χ0n) is 8.46. The first-order valence-corrected chi connectivity index (χ1v) is 6.42. The van der Waals surface area contributed by atoms with Crippen LogP contribution in [0.4, 0.5) is 0 Å². The monoisotopic (exact) mass is 272 g/mol. The van der Waals surface area contributed by atoms with E-state index in [1.807, 2.05) is 12.1 Å². The van der Waals surface area contributed by atoms with Crippen molar-refractivity contribution in [1.29, 1.82) is 0 Å². The van der Waals surface area contributed by atoms with E-state index in [9.17, 15) is 0 Å². The largest absolute Gasteiger partial charge is 0.331 e. The minimum atomic E-state index is 0.526. The standard InChI is InChI=1S/C11H10Cl2N2S/c12-7-4-9-10(5-8(7)13)15(11(16)14-9)6-2-1-3-6/h4-6H,1-3H2,(H,14,16). The number of aromatic nitrogens is 2. The van der Waals surface area contributed by atoms with Gasteiger partial charge in [-0.25, -0.2) is 0 Å². The van der Waals surface area contributed by atoms with Crippen LogP contribution in [-0.2, 0) is 0 Å². The molecule has 0 amide bonds. The fourth-order valence-corrected chi connectivity index (χ4v) is 2.81. The Labute approximate surface area is 108 Å². The molecule has 1 N–H and O–H groups in total. The summed E-state index contributed by atoms with van der Waals surface area (Å²) < 4.78 is 2.93. The van der Waals surface area contributed by atoms with Gasteiger partial charge in [-0.15, -0.1) is 0 Å². The number of fused-ring (bicyclic) bond motifs is 1. The number of rotatable bonds is 1. The van der Waals surface area contributed by atoms with E-state index in [1.54, 1.807) is 0 Å². The summed E-state index contributed by atoms with van der Waals surface area (Å²) in [5.74, 6) is 0. The molecule has 0 atom stereocenters. The van der Waals surface area contributed by atoms with Crippen LogP contribution in [0, 0.1) is 4.77 Å². The Morgan fingerprint density at radius 1 is 1.25 bits per heavy atom. The molecule has 16 heavy (non-hydrogen) atoms. The summed E-state index contributed by atoms with van der Waals surface area (Å²) in [5, 5.41) is 1.14. The molecule has 3 rings (SSSR count). The Hall–Kier alpha value is -0.510. The number of nitrogens with zero attached hydrogens (tertiary/aromatic N) is 1. The molecular formula is C11H10Cl2N2S. The van der Waals surface area contributed by atoms with Crippen molar-refractivity contribution < 1.29 is 0 Å². The number of hydrogen-bond donors (Lipinski definition) is 1. The number of aromatic amines is 1. The quantitative estimate of drug-likeness (QED) is 0.745. The summed E-state index contributed by atoms with van der Waals surface area (Å²) >= 11 is 17.4. The van der Waals surface area contributed by atoms with E-state index in [-0.39, 0.29) is 0 Å². The molecule has 1 aliphatic rings. The van der Waals surface area contributed by atoms with Crippen molar-refractivity contribution in [2.75, 3.05) is 0 Å². The topological polar surface area (TPSA) is 20.7 Å². The summed E-state index contributed by atoms with van der Waals surface area (Å²) in [7, 11) is 0. The molecule has 0 aliphatic heterocycles. The number of halogens is 2. The highest BCUT2D eigenvalue weighted by Gasteiger charge is 2.22. The minimum Gasteiger partial charge on any atom is -0.331 e. The van der Waals surface area contributed by atoms with E-state index in [0.717, 1.165) is 15.8 Å². The predicted octanol–water partition coefficient (Wildman–Crippen LogP) is 4.73. The second-order valence-electron chi connectivity index (χ2n) is 4.17. The van der Waals surface area contributed by atoms with Gasteiger partial charge in [0.25, 0.3) is 0 Å². The molecule has 0 spiro atoms. The van der Waals surface area contributed by atoms with Crippen molar-refractivity contribution in [2.45, 2.75) is 25.3 Å². The Bertz CT molecular complexity index is 610. The summed E-state index contributed by atoms with van der Waals surface area (Å²) in [4.78, 5) is 3.18. The van der Waals surface area contributed by atoms with Crippen LogP contribution in [0.5, 0.6) is 0 Å². The second-order valence-corrected chi connectivity index (χ2v) is 5.37. The Balaban J connectivity index is 2.30. The lowest BCUT2D eigenvalue weighted by Gasteiger charge is -2.27. The number of benzene rings is 1. The molecule has 1 fully saturated rings. The third-order valence-corrected chi connectivity index (χ3v) is 4.22. The highest BCUT2D eigenvalue weighted by atomic mass is 35.5. The van der Waals surface area contributed by atoms with E-state index >= 15 is 0 Å². The number of hydrogen-bond acceptors (Lipinski definition) is 1. The first kappa shape index (κ1) is 10.6. The van der Waals surface area contributed by atoms with Crippen LogP contribution in [0.3, 0.4) is 0 Å². The number of imidazole rings is 1. The molecule has 0 bridgehead atoms. The average molecular weight is 273 g/mol. The molecule has 5 heteroatoms. The van der Waals surface area contributed by atoms with Crippen LogP contribution in [0.15, 0.2) is 12.1 Å². The van der Waals surface area contributed by atoms with Crippen molar-refractivity contribution in [3.8, 4) is 0 Å². The molecule has 0 radical (unpaired) electrons. The third kappa shape index (κ3) is 1.50. The summed E-state index contributed by atoms with van der Waals surface area (Å²) in [6, 6.07) is 4.26. The van der Waals surface area contributed by atoms with E-state index < -0.39 is 0 Å². The van der Waals surface area contributed by atoms with Gasteiger partial charge >= 0.3 is 0 Å². The fourth-order valence-electron chi connectivity index (χ4n) is 2.13. The van der Waals surface area contributed by atoms with Gasteiger partial charge in [0.2, 0.25) is 0 Å². The Morgan fingerprint density at radius 3 is 2.56 bits per heavy atom. The summed E-state index contributed by atoms with van der Waals surface area (Å²) in [6.07, 6.45) is 3.67. The maximum atomic E-state index is 6.04. The summed E-state index contributed by atoms with van der Waals surface area (Å²) in [5.41, 5.74) is 2.02. The predicted molar refractivity (Wildman–Crippen MR) is 70.0 cm³/mol. The first-order chi connectivity index (χ1) is 7.66. The molecule has 0 saturated heterocycles. The van der Waals surface area contributed by atoms with E-state index in [4.69, 9.17) is 35.4 Å². The van der Waals surface area contributed by atoms with Gasteiger partial charge in [-0.05, 0) is 43.6 Å². The van der Waals surface area contributed by atoms with Crippen LogP contribution in [0.2, 0.25) is 10.0 Å². The van der Waals surface area contributed by atoms with Gasteiger partial charge in [-0.2, -0.15) is 0 Å². The Kier molecular flexibility index (Phi) is 2.50. The van der Waals surface area contributed by atoms with Crippen LogP contribution in [0.1, 0.15) is 25.3 Å². The van der Waals surface area contributed by atoms with E-state index in [1.165, 1.54) is 19.3 Å². The van der Waals surface area contributed by atoms with Crippen LogP contribution < -0.4 is 0 Å². The lowest BCUT2D eigenvalue weighted by Crippen LogP contribution is -2.16. The summed E-state index contributed by atoms with van der Waals surface area (Å²) in [6.45, 7) is 0. The van der Waals surface area contributed by atoms with Gasteiger partial charge in [0, 0.05) is 6.04 Å². The highest BCUT2D eigenvalue weighted by Crippen LogP contribution is 2.36. The van der Waals surface area contributed by atoms with Gasteiger partial charge in [-0.3, -0.25) is 0 Å². The van der Waals surface area contributed by atoms with Crippen molar-refractivity contribution in [3.63, 3.8) is 0 Å². The van der Waals surface area contributed by atoms with Crippen molar-refractivity contribution in [2.24, 2.45) is 0 Å². The van der Waals surface area contributed by atoms with Gasteiger partial charge in [0.1, 0.15) is 0 Å². The molecule has 1 saturated carbocycles. The molecule has 1 aliphatic carbocycles. The number of nitrogens with one attached hydrogen (secondary N) is 1. The SMILES string of the molecule is S=c1[nH]c2cc(Cl)c(Cl)cc2n1C1CCC1. The normalized spacial score (nSPS) is 16.6. The van der Waals surface area contributed by atoms with Gasteiger partial charge in [-0.1, -0.05) is 23.2 Å². The minimum absolute atomic E-state index is 0.526. The zero-order valence-corrected chi connectivity index (χ0v) is 10.8. The van der Waals surface area contributed by atoms with E-state index in [2.05, 4.69) is 9.55 Å². The molecule has 1 aromatic carbocycles. The van der Waals surface area contributed by atoms with Crippen LogP contribution in [0.25, 0.3) is 11.0 Å². The third-order valence-electron chi connectivity index (χ3n) is 3.20. The van der Waals surface area contributed by atoms with Gasteiger partial charge in [0.05, 0.1) is 21.1 Å². The lowest BCUT2D eigenvalue weighted by molar-refractivity contribution is 0.318. The van der Waals surface area contributed by atoms with Crippen LogP contribution in [-0.4, -0.2) is 9.55 Å². The molecule has 1 aromatic heterocycles. The average Bonchev–Trinajstić information content (AvgIpc) is 2.43. The molecule has 2 nitrogen and oxygen atoms in total. The van der Waals surface area contributed by atoms with Gasteiger partial charge < -0.3 is 9.55 Å². The first-order valence-electron chi connectivity index (χ1n) is 5.26. The lowest BCUT2D eigenvalue weighted by atomic mass is 9.93. The second kappa shape index (κ2) is 3.76. The molecule has 1 heterocycles. The van der Waals surface area contributed by atoms with Crippen molar-refractivity contribution >= 4 is 46.5 Å². The maximum Gasteiger partial charge on any atom is 0.178 e. The van der Waals surface area contributed by atoms with Gasteiger partial charge in [0.15, 0.2) is 4.77 Å². The van der Waals surface area contributed by atoms with Crippen molar-refractivity contribution in [1.82, 2.24) is 9.55 Å². The van der Waals surface area contributed by atoms with Crippen LogP contribution >= 0.6 is 35.4 Å². The van der Waals surface area contributed by atoms with Crippen molar-refractivity contribution in [3.05, 3.63) is 26.9 Å². The fraction of sp³-hybridized carbons (Fsp3) is 0.364. The Morgan fingerprint density at radius 2 is 1.94 bits per heavy atom. The maximum absolute atomic E-state index is 6.04. The smallest absolute Gasteiger partial charge is 0.178 e. The number of H-pyrrole nitrogens is 1. The molecule has 0 unspecified atom stereocenters. The molecule has 84 valence electrons. The zero-order chi connectivity index (χ0) is 11.3. The molecule has 2 aromatic rings. The van der Waals surface area contributed by atoms with E-state index in [0.29, 0.717) is 16.1 Å².